The molecule has 0 saturated carbocycles. The first-order valence-corrected chi connectivity index (χ1v) is 9.88. The second kappa shape index (κ2) is 8.33. The second-order valence-corrected chi connectivity index (χ2v) is 7.89. The van der Waals surface area contributed by atoms with Gasteiger partial charge < -0.3 is 10.5 Å². The van der Waals surface area contributed by atoms with E-state index in [4.69, 9.17) is 0 Å². The molecule has 0 fully saturated rings. The zero-order chi connectivity index (χ0) is 18.7. The first-order chi connectivity index (χ1) is 12.5. The number of aromatic nitrogens is 1. The van der Waals surface area contributed by atoms with Crippen molar-refractivity contribution >= 4 is 43.3 Å². The lowest BCUT2D eigenvalue weighted by molar-refractivity contribution is -0.608. The van der Waals surface area contributed by atoms with Crippen molar-refractivity contribution < 1.29 is 9.52 Å². The number of rotatable bonds is 4. The van der Waals surface area contributed by atoms with E-state index in [1.807, 2.05) is 31.2 Å². The number of pyridine rings is 1. The van der Waals surface area contributed by atoms with E-state index in [0.717, 1.165) is 37.8 Å². The lowest BCUT2D eigenvalue weighted by atomic mass is 10.0. The predicted molar refractivity (Wildman–Crippen MR) is 108 cm³/mol. The zero-order valence-corrected chi connectivity index (χ0v) is 17.5. The third kappa shape index (κ3) is 4.34. The lowest BCUT2D eigenvalue weighted by Gasteiger charge is -2.26. The number of carbonyl (C=O) groups excluding carboxylic acids is 1. The van der Waals surface area contributed by atoms with Crippen molar-refractivity contribution in [3.05, 3.63) is 73.6 Å². The van der Waals surface area contributed by atoms with Gasteiger partial charge in [0.25, 0.3) is 5.91 Å². The van der Waals surface area contributed by atoms with Gasteiger partial charge in [0.05, 0.1) is 12.2 Å². The number of carbonyl (C=O) groups is 1. The van der Waals surface area contributed by atoms with Crippen molar-refractivity contribution in [2.75, 3.05) is 19.8 Å². The molecule has 0 aliphatic carbocycles. The monoisotopic (exact) mass is 479 g/mol. The molecule has 1 aliphatic heterocycles. The van der Waals surface area contributed by atoms with Crippen LogP contribution in [0.1, 0.15) is 28.0 Å². The Balaban J connectivity index is 1.60. The van der Waals surface area contributed by atoms with Crippen LogP contribution in [0.3, 0.4) is 0 Å². The van der Waals surface area contributed by atoms with E-state index in [0.29, 0.717) is 24.5 Å². The Bertz CT molecular complexity index is 868. The summed E-state index contributed by atoms with van der Waals surface area (Å²) in [6.45, 7) is 3.91. The minimum Gasteiger partial charge on any atom is -0.618 e. The number of halogens is 2. The summed E-state index contributed by atoms with van der Waals surface area (Å²) in [5.74, 6) is -0.114. The Morgan fingerprint density at radius 1 is 1.35 bits per heavy atom. The average Bonchev–Trinajstić information content (AvgIpc) is 2.63. The summed E-state index contributed by atoms with van der Waals surface area (Å²) < 4.78 is 2.52. The maximum atomic E-state index is 12.5. The van der Waals surface area contributed by atoms with Crippen LogP contribution in [0, 0.1) is 12.1 Å². The van der Waals surface area contributed by atoms with E-state index in [9.17, 15) is 10.0 Å². The van der Waals surface area contributed by atoms with Crippen molar-refractivity contribution in [2.45, 2.75) is 13.3 Å². The van der Waals surface area contributed by atoms with Crippen molar-refractivity contribution in [1.29, 1.82) is 0 Å². The molecule has 0 spiro atoms. The van der Waals surface area contributed by atoms with E-state index >= 15 is 0 Å². The molecule has 3 rings (SSSR count). The number of hydrogen-bond donors (Lipinski definition) is 1. The van der Waals surface area contributed by atoms with Crippen molar-refractivity contribution in [1.82, 2.24) is 10.2 Å². The maximum absolute atomic E-state index is 12.5. The highest BCUT2D eigenvalue weighted by Gasteiger charge is 2.19. The van der Waals surface area contributed by atoms with Crippen molar-refractivity contribution in [3.63, 3.8) is 0 Å². The largest absolute Gasteiger partial charge is 0.618 e. The van der Waals surface area contributed by atoms with Crippen LogP contribution in [-0.2, 0) is 0 Å². The molecule has 1 N–H and O–H groups in total. The normalized spacial score (nSPS) is 14.8. The molecule has 2 aromatic rings. The fourth-order valence-electron chi connectivity index (χ4n) is 2.93. The fraction of sp³-hybridized carbons (Fsp3) is 0.263. The van der Waals surface area contributed by atoms with Crippen LogP contribution >= 0.6 is 31.9 Å². The Morgan fingerprint density at radius 2 is 2.15 bits per heavy atom. The summed E-state index contributed by atoms with van der Waals surface area (Å²) in [5.41, 5.74) is 3.38. The van der Waals surface area contributed by atoms with Gasteiger partial charge in [-0.1, -0.05) is 6.08 Å². The van der Waals surface area contributed by atoms with Crippen LogP contribution in [0.4, 0.5) is 0 Å². The van der Waals surface area contributed by atoms with Gasteiger partial charge in [-0.2, -0.15) is 4.73 Å². The van der Waals surface area contributed by atoms with Gasteiger partial charge in [0, 0.05) is 39.7 Å². The van der Waals surface area contributed by atoms with Crippen molar-refractivity contribution in [2.24, 2.45) is 0 Å². The molecule has 7 heteroatoms. The summed E-state index contributed by atoms with van der Waals surface area (Å²) in [6, 6.07) is 9.26. The number of hydrogen-bond acceptors (Lipinski definition) is 3. The topological polar surface area (TPSA) is 59.3 Å². The van der Waals surface area contributed by atoms with E-state index < -0.39 is 0 Å². The molecule has 136 valence electrons. The van der Waals surface area contributed by atoms with Gasteiger partial charge in [-0.3, -0.25) is 9.69 Å². The molecule has 5 nitrogen and oxygen atoms in total. The lowest BCUT2D eigenvalue weighted by Crippen LogP contribution is -2.40. The molecule has 1 aromatic carbocycles. The molecule has 2 heterocycles. The Morgan fingerprint density at radius 3 is 2.85 bits per heavy atom. The number of nitrogens with zero attached hydrogens (tertiary/aromatic N) is 2. The molecule has 0 atom stereocenters. The Labute approximate surface area is 169 Å². The minimum absolute atomic E-state index is 0.114. The summed E-state index contributed by atoms with van der Waals surface area (Å²) in [4.78, 5) is 14.6. The summed E-state index contributed by atoms with van der Waals surface area (Å²) in [5, 5.41) is 14.8. The molecule has 26 heavy (non-hydrogen) atoms. The number of amides is 1. The Kier molecular flexibility index (Phi) is 6.11. The SMILES string of the molecule is Cc1cc(Br)c(Br)c(C(=O)NCN2CC=C(c3cccc[n+]3[O-])CC2)c1. The van der Waals surface area contributed by atoms with Crippen molar-refractivity contribution in [3.8, 4) is 0 Å². The molecule has 0 saturated heterocycles. The molecule has 0 unspecified atom stereocenters. The second-order valence-electron chi connectivity index (χ2n) is 6.24. The van der Waals surface area contributed by atoms with Crippen LogP contribution in [0.15, 0.2) is 51.6 Å². The summed E-state index contributed by atoms with van der Waals surface area (Å²) >= 11 is 6.91. The molecular weight excluding hydrogens is 462 g/mol. The standard InChI is InChI=1S/C19H19Br2N3O2/c1-13-10-15(18(21)16(20)11-13)19(25)22-12-23-8-5-14(6-9-23)17-4-2-3-7-24(17)26/h2-5,7,10-11H,6,8-9,12H2,1H3,(H,22,25). The highest BCUT2D eigenvalue weighted by atomic mass is 79.9. The minimum atomic E-state index is -0.114. The molecule has 1 aliphatic rings. The van der Waals surface area contributed by atoms with Gasteiger partial charge in [-0.25, -0.2) is 0 Å². The highest BCUT2D eigenvalue weighted by Crippen LogP contribution is 2.28. The quantitative estimate of drug-likeness (QED) is 0.537. The van der Waals surface area contributed by atoms with Crippen LogP contribution in [0.2, 0.25) is 0 Å². The van der Waals surface area contributed by atoms with E-state index in [-0.39, 0.29) is 5.91 Å². The van der Waals surface area contributed by atoms with Crippen LogP contribution in [0.5, 0.6) is 0 Å². The van der Waals surface area contributed by atoms with Gasteiger partial charge in [-0.05, 0) is 69.0 Å². The van der Waals surface area contributed by atoms with E-state index in [1.54, 1.807) is 6.07 Å². The smallest absolute Gasteiger partial charge is 0.253 e. The van der Waals surface area contributed by atoms with Crippen LogP contribution in [0.25, 0.3) is 5.57 Å². The van der Waals surface area contributed by atoms with Crippen LogP contribution < -0.4 is 10.0 Å². The number of aryl methyl sites for hydroxylation is 1. The maximum Gasteiger partial charge on any atom is 0.253 e. The Hall–Kier alpha value is -1.70. The highest BCUT2D eigenvalue weighted by molar-refractivity contribution is 9.13. The first-order valence-electron chi connectivity index (χ1n) is 8.29. The van der Waals surface area contributed by atoms with Crippen LogP contribution in [-0.4, -0.2) is 30.6 Å². The molecular formula is C19H19Br2N3O2. The predicted octanol–water partition coefficient (Wildman–Crippen LogP) is 3.63. The summed E-state index contributed by atoms with van der Waals surface area (Å²) in [7, 11) is 0. The fourth-order valence-corrected chi connectivity index (χ4v) is 3.92. The van der Waals surface area contributed by atoms with Gasteiger partial charge in [0.15, 0.2) is 6.20 Å². The number of nitrogens with one attached hydrogen (secondary N) is 1. The van der Waals surface area contributed by atoms with Gasteiger partial charge in [0.2, 0.25) is 5.69 Å². The van der Waals surface area contributed by atoms with Gasteiger partial charge >= 0.3 is 0 Å². The molecule has 0 bridgehead atoms. The third-order valence-corrected chi connectivity index (χ3v) is 6.34. The molecule has 1 aromatic heterocycles. The van der Waals surface area contributed by atoms with E-state index in [1.165, 1.54) is 6.20 Å². The van der Waals surface area contributed by atoms with Gasteiger partial charge in [-0.15, -0.1) is 0 Å². The van der Waals surface area contributed by atoms with E-state index in [2.05, 4.69) is 48.2 Å². The summed E-state index contributed by atoms with van der Waals surface area (Å²) in [6.07, 6.45) is 4.35. The number of benzene rings is 1. The van der Waals surface area contributed by atoms with Gasteiger partial charge in [0.1, 0.15) is 0 Å². The molecule has 1 amide bonds. The first kappa shape index (κ1) is 19.1. The third-order valence-electron chi connectivity index (χ3n) is 4.33. The molecule has 0 radical (unpaired) electrons. The average molecular weight is 481 g/mol. The zero-order valence-electron chi connectivity index (χ0n) is 14.3.